The fourth-order valence-electron chi connectivity index (χ4n) is 1.83. The molecule has 18 heavy (non-hydrogen) atoms. The van der Waals surface area contributed by atoms with E-state index in [1.807, 2.05) is 14.0 Å². The molecule has 1 amide bonds. The minimum atomic E-state index is -3.23. The van der Waals surface area contributed by atoms with Gasteiger partial charge in [-0.15, -0.1) is 0 Å². The molecule has 1 rings (SSSR count). The fourth-order valence-corrected chi connectivity index (χ4v) is 3.17. The van der Waals surface area contributed by atoms with Crippen LogP contribution in [0.5, 0.6) is 0 Å². The Labute approximate surface area is 109 Å². The number of nitrogens with one attached hydrogen (secondary N) is 1. The summed E-state index contributed by atoms with van der Waals surface area (Å²) in [4.78, 5) is 13.3. The van der Waals surface area contributed by atoms with E-state index in [-0.39, 0.29) is 18.2 Å². The van der Waals surface area contributed by atoms with Crippen LogP contribution in [0.25, 0.3) is 0 Å². The average Bonchev–Trinajstić information content (AvgIpc) is 2.29. The Balaban J connectivity index is 2.33. The van der Waals surface area contributed by atoms with Crippen LogP contribution in [-0.2, 0) is 14.8 Å². The fraction of sp³-hybridized carbons (Fsp3) is 0.909. The molecule has 1 saturated heterocycles. The highest BCUT2D eigenvalue weighted by molar-refractivity contribution is 7.89. The van der Waals surface area contributed by atoms with Crippen molar-refractivity contribution < 1.29 is 13.2 Å². The SMILES string of the molecule is CCCC(=O)NCCS(=O)(=O)N1CCN(C)CC1. The first-order chi connectivity index (χ1) is 8.45. The first kappa shape index (κ1) is 15.4. The van der Waals surface area contributed by atoms with E-state index in [9.17, 15) is 13.2 Å². The van der Waals surface area contributed by atoms with Crippen LogP contribution in [0.2, 0.25) is 0 Å². The molecule has 1 aliphatic heterocycles. The second-order valence-corrected chi connectivity index (χ2v) is 6.71. The molecule has 0 aromatic carbocycles. The number of nitrogens with zero attached hydrogens (tertiary/aromatic N) is 2. The molecule has 0 aromatic rings. The predicted octanol–water partition coefficient (Wildman–Crippen LogP) is -0.520. The van der Waals surface area contributed by atoms with E-state index in [0.717, 1.165) is 19.5 Å². The quantitative estimate of drug-likeness (QED) is 0.709. The molecule has 0 aromatic heterocycles. The Morgan fingerprint density at radius 1 is 1.22 bits per heavy atom. The molecule has 1 fully saturated rings. The molecule has 0 atom stereocenters. The number of hydrogen-bond donors (Lipinski definition) is 1. The molecule has 0 unspecified atom stereocenters. The number of sulfonamides is 1. The van der Waals surface area contributed by atoms with Crippen LogP contribution in [0.4, 0.5) is 0 Å². The highest BCUT2D eigenvalue weighted by Crippen LogP contribution is 2.06. The zero-order valence-electron chi connectivity index (χ0n) is 11.2. The second kappa shape index (κ2) is 7.06. The standard InChI is InChI=1S/C11H23N3O3S/c1-3-4-11(15)12-5-10-18(16,17)14-8-6-13(2)7-9-14/h3-10H2,1-2H3,(H,12,15). The van der Waals surface area contributed by atoms with Gasteiger partial charge in [-0.25, -0.2) is 8.42 Å². The van der Waals surface area contributed by atoms with Crippen LogP contribution in [0.1, 0.15) is 19.8 Å². The molecular formula is C11H23N3O3S. The van der Waals surface area contributed by atoms with E-state index in [1.54, 1.807) is 0 Å². The van der Waals surface area contributed by atoms with Crippen molar-refractivity contribution in [3.05, 3.63) is 0 Å². The predicted molar refractivity (Wildman–Crippen MR) is 70.8 cm³/mol. The van der Waals surface area contributed by atoms with Gasteiger partial charge in [0, 0.05) is 39.1 Å². The number of carbonyl (C=O) groups excluding carboxylic acids is 1. The number of piperazine rings is 1. The zero-order valence-corrected chi connectivity index (χ0v) is 12.0. The van der Waals surface area contributed by atoms with Crippen LogP contribution in [0.3, 0.4) is 0 Å². The Kier molecular flexibility index (Phi) is 6.04. The number of likely N-dealkylation sites (N-methyl/N-ethyl adjacent to an activating group) is 1. The van der Waals surface area contributed by atoms with Gasteiger partial charge in [0.05, 0.1) is 5.75 Å². The van der Waals surface area contributed by atoms with Crippen LogP contribution < -0.4 is 5.32 Å². The van der Waals surface area contributed by atoms with Crippen LogP contribution >= 0.6 is 0 Å². The van der Waals surface area contributed by atoms with E-state index in [4.69, 9.17) is 0 Å². The van der Waals surface area contributed by atoms with Crippen molar-refractivity contribution in [2.24, 2.45) is 0 Å². The Hall–Kier alpha value is -0.660. The van der Waals surface area contributed by atoms with E-state index in [2.05, 4.69) is 10.2 Å². The first-order valence-electron chi connectivity index (χ1n) is 6.39. The van der Waals surface area contributed by atoms with Crippen molar-refractivity contribution in [2.75, 3.05) is 45.5 Å². The van der Waals surface area contributed by atoms with Crippen molar-refractivity contribution >= 4 is 15.9 Å². The van der Waals surface area contributed by atoms with Crippen molar-refractivity contribution in [1.29, 1.82) is 0 Å². The monoisotopic (exact) mass is 277 g/mol. The van der Waals surface area contributed by atoms with Gasteiger partial charge in [0.15, 0.2) is 0 Å². The maximum atomic E-state index is 12.0. The molecule has 6 nitrogen and oxygen atoms in total. The summed E-state index contributed by atoms with van der Waals surface area (Å²) in [7, 11) is -1.24. The summed E-state index contributed by atoms with van der Waals surface area (Å²) in [6, 6.07) is 0. The molecule has 0 radical (unpaired) electrons. The van der Waals surface area contributed by atoms with Crippen molar-refractivity contribution in [2.45, 2.75) is 19.8 Å². The van der Waals surface area contributed by atoms with Gasteiger partial charge in [0.25, 0.3) is 0 Å². The lowest BCUT2D eigenvalue weighted by atomic mass is 10.3. The largest absolute Gasteiger partial charge is 0.355 e. The highest BCUT2D eigenvalue weighted by atomic mass is 32.2. The third-order valence-electron chi connectivity index (χ3n) is 3.01. The molecule has 0 saturated carbocycles. The first-order valence-corrected chi connectivity index (χ1v) is 7.99. The van der Waals surface area contributed by atoms with Crippen LogP contribution in [-0.4, -0.2) is 69.1 Å². The normalized spacial score (nSPS) is 18.8. The lowest BCUT2D eigenvalue weighted by molar-refractivity contribution is -0.120. The molecule has 0 aliphatic carbocycles. The number of hydrogen-bond acceptors (Lipinski definition) is 4. The van der Waals surface area contributed by atoms with Crippen LogP contribution in [0, 0.1) is 0 Å². The summed E-state index contributed by atoms with van der Waals surface area (Å²) in [6.07, 6.45) is 1.23. The van der Waals surface area contributed by atoms with Gasteiger partial charge in [-0.3, -0.25) is 4.79 Å². The topological polar surface area (TPSA) is 69.7 Å². The highest BCUT2D eigenvalue weighted by Gasteiger charge is 2.25. The van der Waals surface area contributed by atoms with Gasteiger partial charge in [-0.2, -0.15) is 4.31 Å². The van der Waals surface area contributed by atoms with Crippen molar-refractivity contribution in [1.82, 2.24) is 14.5 Å². The Bertz CT molecular complexity index is 362. The summed E-state index contributed by atoms with van der Waals surface area (Å²) in [5, 5.41) is 2.63. The van der Waals surface area contributed by atoms with E-state index in [1.165, 1.54) is 4.31 Å². The average molecular weight is 277 g/mol. The van der Waals surface area contributed by atoms with Gasteiger partial charge < -0.3 is 10.2 Å². The molecule has 0 spiro atoms. The molecule has 7 heteroatoms. The number of carbonyl (C=O) groups is 1. The lowest BCUT2D eigenvalue weighted by Crippen LogP contribution is -2.48. The van der Waals surface area contributed by atoms with Gasteiger partial charge in [0.1, 0.15) is 0 Å². The summed E-state index contributed by atoms with van der Waals surface area (Å²) < 4.78 is 25.5. The third-order valence-corrected chi connectivity index (χ3v) is 4.89. The smallest absolute Gasteiger partial charge is 0.220 e. The van der Waals surface area contributed by atoms with E-state index >= 15 is 0 Å². The Morgan fingerprint density at radius 2 is 1.83 bits per heavy atom. The summed E-state index contributed by atoms with van der Waals surface area (Å²) >= 11 is 0. The van der Waals surface area contributed by atoms with Gasteiger partial charge in [0.2, 0.25) is 15.9 Å². The third kappa shape index (κ3) is 4.91. The number of rotatable bonds is 6. The van der Waals surface area contributed by atoms with Gasteiger partial charge in [-0.05, 0) is 13.5 Å². The summed E-state index contributed by atoms with van der Waals surface area (Å²) in [5.41, 5.74) is 0. The van der Waals surface area contributed by atoms with E-state index in [0.29, 0.717) is 19.5 Å². The lowest BCUT2D eigenvalue weighted by Gasteiger charge is -2.31. The van der Waals surface area contributed by atoms with E-state index < -0.39 is 10.0 Å². The van der Waals surface area contributed by atoms with Crippen molar-refractivity contribution in [3.8, 4) is 0 Å². The molecule has 106 valence electrons. The minimum Gasteiger partial charge on any atom is -0.355 e. The Morgan fingerprint density at radius 3 is 2.39 bits per heavy atom. The second-order valence-electron chi connectivity index (χ2n) is 4.62. The summed E-state index contributed by atoms with van der Waals surface area (Å²) in [6.45, 7) is 4.74. The maximum Gasteiger partial charge on any atom is 0.220 e. The minimum absolute atomic E-state index is 0.00777. The van der Waals surface area contributed by atoms with Gasteiger partial charge in [-0.1, -0.05) is 6.92 Å². The molecule has 1 N–H and O–H groups in total. The molecule has 1 heterocycles. The van der Waals surface area contributed by atoms with Crippen molar-refractivity contribution in [3.63, 3.8) is 0 Å². The van der Waals surface area contributed by atoms with Gasteiger partial charge >= 0.3 is 0 Å². The molecule has 0 bridgehead atoms. The summed E-state index contributed by atoms with van der Waals surface area (Å²) in [5.74, 6) is -0.0855. The maximum absolute atomic E-state index is 12.0. The number of amides is 1. The molecular weight excluding hydrogens is 254 g/mol. The zero-order chi connectivity index (χ0) is 13.6. The molecule has 1 aliphatic rings. The van der Waals surface area contributed by atoms with Crippen LogP contribution in [0.15, 0.2) is 0 Å².